The minimum atomic E-state index is -2.50. The van der Waals surface area contributed by atoms with Crippen molar-refractivity contribution < 1.29 is 106 Å². The molecule has 0 aromatic carbocycles. The third kappa shape index (κ3) is 19.6. The van der Waals surface area contributed by atoms with Crippen LogP contribution in [0, 0.1) is 52.3 Å². The molecule has 1 amide bonds. The van der Waals surface area contributed by atoms with E-state index in [9.17, 15) is 63.3 Å². The lowest BCUT2D eigenvalue weighted by atomic mass is 9.53. The number of amides is 1. The van der Waals surface area contributed by atoms with Crippen LogP contribution in [0.3, 0.4) is 0 Å². The summed E-state index contributed by atoms with van der Waals surface area (Å²) in [7, 11) is 5.94. The Balaban J connectivity index is 0.834. The van der Waals surface area contributed by atoms with Crippen LogP contribution in [0.1, 0.15) is 216 Å². The first-order valence-electron chi connectivity index (χ1n) is 40.1. The fourth-order valence-corrected chi connectivity index (χ4v) is 18.7. The number of ether oxygens (including phenoxy) is 9. The highest BCUT2D eigenvalue weighted by Gasteiger charge is 2.65. The molecule has 9 aliphatic rings. The average Bonchev–Trinajstić information content (AvgIpc) is 1.66. The predicted octanol–water partition coefficient (Wildman–Crippen LogP) is 11.0. The number of rotatable bonds is 18. The molecular formula is C85H122N2O22. The van der Waals surface area contributed by atoms with Crippen LogP contribution in [0.5, 0.6) is 0 Å². The molecule has 5 heterocycles. The van der Waals surface area contributed by atoms with E-state index in [1.165, 1.54) is 19.1 Å². The molecule has 604 valence electrons. The first-order chi connectivity index (χ1) is 51.8. The van der Waals surface area contributed by atoms with E-state index in [0.29, 0.717) is 114 Å². The monoisotopic (exact) mass is 1520 g/mol. The number of hydrogen-bond acceptors (Lipinski definition) is 23. The number of aliphatic hydroxyl groups excluding tert-OH is 2. The number of aliphatic hydroxyl groups is 3. The smallest absolute Gasteiger partial charge is 0.340 e. The molecule has 24 nitrogen and oxygen atoms in total. The number of unbranched alkanes of at least 4 members (excludes halogenated alkanes) is 3. The van der Waals surface area contributed by atoms with Crippen molar-refractivity contribution in [2.45, 2.75) is 283 Å². The summed E-state index contributed by atoms with van der Waals surface area (Å²) in [6.45, 7) is 17.4. The van der Waals surface area contributed by atoms with E-state index in [0.717, 1.165) is 24.8 Å². The number of nitrogens with zero attached hydrogens (tertiary/aromatic N) is 2. The van der Waals surface area contributed by atoms with Gasteiger partial charge in [-0.25, -0.2) is 9.59 Å². The number of carbonyl (C=O) groups excluding carboxylic acids is 10. The Kier molecular flexibility index (Phi) is 30.2. The summed E-state index contributed by atoms with van der Waals surface area (Å²) in [4.78, 5) is 146. The second kappa shape index (κ2) is 38.1. The minimum absolute atomic E-state index is 0.000603. The van der Waals surface area contributed by atoms with Crippen LogP contribution in [0.25, 0.3) is 0 Å². The van der Waals surface area contributed by atoms with Gasteiger partial charge in [0.15, 0.2) is 11.5 Å². The van der Waals surface area contributed by atoms with Gasteiger partial charge in [-0.2, -0.15) is 0 Å². The lowest BCUT2D eigenvalue weighted by molar-refractivity contribution is -0.265. The zero-order valence-corrected chi connectivity index (χ0v) is 66.6. The molecule has 0 aromatic heterocycles. The molecule has 109 heavy (non-hydrogen) atoms. The SMILES string of the molecule is COC[C@H]1OC(=O)/C(=C/N2CCCCC2)C2=C(O)C(=O)C3=C([C@H](OC(=O)CCCCCCC(=O)O[C@@H]4CCC(C[C@@H](C)[C@@H]5CC(=O)[C@H](C)/C=C(\C)[C@@H](O)[C@@H](OC)C(=O)[C@H](C)C[C@H](C)/C=C/C=C/C=C(\C)[C@@H](OC)C[C@@H]6CC[C@@H](C)[C@@](O)(O6)C(=O)C(=O)N6CCCC[C@H]6C(=O)O5)C[C@H]4OC)C[C@]4(C)C(=O)CC[C@@H]34)[C@]21C. The first-order valence-corrected chi connectivity index (χ1v) is 40.1. The van der Waals surface area contributed by atoms with Crippen molar-refractivity contribution in [1.82, 2.24) is 9.80 Å². The molecule has 2 bridgehead atoms. The summed E-state index contributed by atoms with van der Waals surface area (Å²) in [6, 6.07) is -1.23. The number of fused-ring (bicyclic) bond motifs is 7. The largest absolute Gasteiger partial charge is 0.504 e. The topological polar surface area (TPSA) is 321 Å². The average molecular weight is 1520 g/mol. The lowest BCUT2D eigenvalue weighted by Gasteiger charge is -2.53. The quantitative estimate of drug-likeness (QED) is 0.0287. The molecule has 0 radical (unpaired) electrons. The van der Waals surface area contributed by atoms with Crippen molar-refractivity contribution in [3.63, 3.8) is 0 Å². The highest BCUT2D eigenvalue weighted by molar-refractivity contribution is 6.39. The molecule has 4 aliphatic carbocycles. The predicted molar refractivity (Wildman–Crippen MR) is 402 cm³/mol. The lowest BCUT2D eigenvalue weighted by Crippen LogP contribution is -2.61. The number of Topliss-reactive ketones (excluding diaryl/α,β-unsaturated/α-hetero) is 5. The number of ketones is 5. The van der Waals surface area contributed by atoms with E-state index < -0.39 is 154 Å². The minimum Gasteiger partial charge on any atom is -0.504 e. The van der Waals surface area contributed by atoms with Gasteiger partial charge in [0.2, 0.25) is 11.6 Å². The Bertz CT molecular complexity index is 3580. The molecule has 3 N–H and O–H groups in total. The van der Waals surface area contributed by atoms with Crippen molar-refractivity contribution in [1.29, 1.82) is 0 Å². The second-order valence-electron chi connectivity index (χ2n) is 33.2. The van der Waals surface area contributed by atoms with Crippen LogP contribution in [-0.2, 0) is 90.6 Å². The van der Waals surface area contributed by atoms with E-state index >= 15 is 0 Å². The Hall–Kier alpha value is -6.80. The van der Waals surface area contributed by atoms with Crippen LogP contribution < -0.4 is 0 Å². The van der Waals surface area contributed by atoms with Gasteiger partial charge in [0.1, 0.15) is 54.2 Å². The summed E-state index contributed by atoms with van der Waals surface area (Å²) < 4.78 is 54.4. The van der Waals surface area contributed by atoms with Crippen molar-refractivity contribution in [3.8, 4) is 0 Å². The summed E-state index contributed by atoms with van der Waals surface area (Å²) in [5.41, 5.74) is -0.409. The van der Waals surface area contributed by atoms with Gasteiger partial charge in [-0.3, -0.25) is 38.4 Å². The molecule has 6 fully saturated rings. The van der Waals surface area contributed by atoms with E-state index in [1.54, 1.807) is 68.0 Å². The summed E-state index contributed by atoms with van der Waals surface area (Å²) >= 11 is 0. The highest BCUT2D eigenvalue weighted by Crippen LogP contribution is 2.63. The van der Waals surface area contributed by atoms with Crippen LogP contribution in [0.15, 0.2) is 81.9 Å². The Labute approximate surface area is 643 Å². The molecule has 9 rings (SSSR count). The van der Waals surface area contributed by atoms with Gasteiger partial charge in [-0.15, -0.1) is 0 Å². The zero-order chi connectivity index (χ0) is 79.4. The van der Waals surface area contributed by atoms with Crippen molar-refractivity contribution in [2.75, 3.05) is 54.7 Å². The Morgan fingerprint density at radius 1 is 0.743 bits per heavy atom. The zero-order valence-electron chi connectivity index (χ0n) is 66.6. The van der Waals surface area contributed by atoms with Gasteiger partial charge < -0.3 is 67.8 Å². The number of cyclic esters (lactones) is 2. The maximum Gasteiger partial charge on any atom is 0.340 e. The Morgan fingerprint density at radius 2 is 1.44 bits per heavy atom. The van der Waals surface area contributed by atoms with Crippen molar-refractivity contribution >= 4 is 58.7 Å². The van der Waals surface area contributed by atoms with E-state index in [1.807, 2.05) is 56.1 Å². The van der Waals surface area contributed by atoms with Gasteiger partial charge >= 0.3 is 23.9 Å². The fourth-order valence-electron chi connectivity index (χ4n) is 18.7. The first kappa shape index (κ1) is 86.2. The molecule has 4 saturated heterocycles. The summed E-state index contributed by atoms with van der Waals surface area (Å²) in [6.07, 6.45) is 14.9. The number of piperidine rings is 2. The third-order valence-corrected chi connectivity index (χ3v) is 25.3. The van der Waals surface area contributed by atoms with E-state index in [-0.39, 0.29) is 104 Å². The maximum atomic E-state index is 14.8. The fraction of sp³-hybridized carbons (Fsp3) is 0.718. The van der Waals surface area contributed by atoms with Crippen molar-refractivity contribution in [3.05, 3.63) is 81.9 Å². The molecule has 5 aliphatic heterocycles. The van der Waals surface area contributed by atoms with Gasteiger partial charge in [-0.05, 0) is 158 Å². The number of likely N-dealkylation sites (tertiary alicyclic amines) is 1. The molecule has 24 heteroatoms. The molecule has 0 spiro atoms. The maximum absolute atomic E-state index is 14.8. The number of carbonyl (C=O) groups is 10. The van der Waals surface area contributed by atoms with Crippen LogP contribution >= 0.6 is 0 Å². The van der Waals surface area contributed by atoms with Gasteiger partial charge in [0.05, 0.1) is 35.9 Å². The highest BCUT2D eigenvalue weighted by atomic mass is 16.6. The van der Waals surface area contributed by atoms with Crippen molar-refractivity contribution in [2.24, 2.45) is 52.3 Å². The molecule has 2 saturated carbocycles. The third-order valence-electron chi connectivity index (χ3n) is 25.3. The second-order valence-corrected chi connectivity index (χ2v) is 33.2. The van der Waals surface area contributed by atoms with Crippen LogP contribution in [-0.4, -0.2) is 205 Å². The summed E-state index contributed by atoms with van der Waals surface area (Å²) in [5, 5.41) is 35.9. The van der Waals surface area contributed by atoms with Crippen LogP contribution in [0.4, 0.5) is 0 Å². The Morgan fingerprint density at radius 3 is 2.12 bits per heavy atom. The summed E-state index contributed by atoms with van der Waals surface area (Å²) in [5.74, 6) is -12.4. The number of esters is 4. The van der Waals surface area contributed by atoms with E-state index in [2.05, 4.69) is 0 Å². The normalized spacial score (nSPS) is 37.5. The van der Waals surface area contributed by atoms with Gasteiger partial charge in [-0.1, -0.05) is 90.8 Å². The molecule has 20 atom stereocenters. The van der Waals surface area contributed by atoms with Crippen LogP contribution in [0.2, 0.25) is 0 Å². The van der Waals surface area contributed by atoms with Gasteiger partial charge in [0.25, 0.3) is 11.7 Å². The molecular weight excluding hydrogens is 1400 g/mol. The van der Waals surface area contributed by atoms with Gasteiger partial charge in [0, 0.05) is 133 Å². The standard InChI is InChI=1S/C85H122N2O22/c1-49-26-18-16-19-27-50(2)63(102-11)44-57-33-31-55(7)85(100,109-57)79(96)80(97)87-39-25-22-28-60(87)82(99)107-64(45-61(88)51(3)41-54(6)75(93)78(104-13)74(92)53(5)40-49)52(4)42-56-32-35-62(65(43-56)103-12)105-69(90)29-20-14-15-21-30-70(91)106-66-46-83(8)59(34-36-67(83)89)71-73(66)84(9)68(48-101-10)108-81(98)58(72(84)77(95)76(71)94)47-86-37-23-17-24-38-86/h16,18-19,26-27,41,47,49,51-53,55-57,59-60,62-66,68,75,78,93,95,100H,14-15,17,20-25,28-40,42-46,48H2,1-13H3/b19-16+,26-18+,50-27+,54-41+,58-47+/t49-,51-,52-,53-,55-,56?,57+,59+,60+,62-,63+,64+,65-,66-,68-,75-,78+,83+,84+,85-/m1/s1. The number of allylic oxidation sites excluding steroid dienone is 7. The molecule has 0 aromatic rings. The molecule has 1 unspecified atom stereocenters. The van der Waals surface area contributed by atoms with E-state index in [4.69, 9.17) is 42.6 Å². The number of hydrogen-bond donors (Lipinski definition) is 3. The number of methoxy groups -OCH3 is 4.